The molecule has 11 heavy (non-hydrogen) atoms. The monoisotopic (exact) mass is 179 g/mol. The first-order valence-corrected chi connectivity index (χ1v) is 6.13. The van der Waals surface area contributed by atoms with Crippen LogP contribution in [0.5, 0.6) is 0 Å². The normalized spacial score (nSPS) is 26.7. The van der Waals surface area contributed by atoms with E-state index in [2.05, 4.69) is 17.2 Å². The summed E-state index contributed by atoms with van der Waals surface area (Å²) in [5, 5.41) is 0. The number of thiol groups is 1. The Morgan fingerprint density at radius 2 is 2.27 bits per heavy atom. The fraction of sp³-hybridized carbons (Fsp3) is 1.00. The molecule has 0 unspecified atom stereocenters. The summed E-state index contributed by atoms with van der Waals surface area (Å²) >= 11 is -0.0109. The van der Waals surface area contributed by atoms with Crippen LogP contribution in [-0.2, 0) is 9.47 Å². The molecule has 3 nitrogen and oxygen atoms in total. The Bertz CT molecular complexity index is 105. The van der Waals surface area contributed by atoms with Crippen LogP contribution in [0.4, 0.5) is 0 Å². The number of nitrogens with one attached hydrogen (secondary N) is 1. The summed E-state index contributed by atoms with van der Waals surface area (Å²) in [6.07, 6.45) is 4.66. The maximum absolute atomic E-state index is 5.45. The lowest BCUT2D eigenvalue weighted by Crippen LogP contribution is -2.36. The van der Waals surface area contributed by atoms with Crippen LogP contribution in [0.3, 0.4) is 0 Å². The molecule has 0 aromatic rings. The van der Waals surface area contributed by atoms with E-state index in [4.69, 9.17) is 9.47 Å². The van der Waals surface area contributed by atoms with Gasteiger partial charge >= 0.3 is 0 Å². The van der Waals surface area contributed by atoms with Crippen molar-refractivity contribution in [3.05, 3.63) is 0 Å². The Morgan fingerprint density at radius 3 is 2.82 bits per heavy atom. The number of rotatable bonds is 3. The van der Waals surface area contributed by atoms with Gasteiger partial charge in [0.25, 0.3) is 0 Å². The van der Waals surface area contributed by atoms with Gasteiger partial charge in [0, 0.05) is 6.54 Å². The molecule has 4 heteroatoms. The lowest BCUT2D eigenvalue weighted by molar-refractivity contribution is -0.0845. The Kier molecular flexibility index (Phi) is 4.22. The van der Waals surface area contributed by atoms with Crippen molar-refractivity contribution in [2.45, 2.75) is 6.10 Å². The van der Waals surface area contributed by atoms with Crippen molar-refractivity contribution in [2.75, 3.05) is 38.9 Å². The van der Waals surface area contributed by atoms with Crippen molar-refractivity contribution < 1.29 is 9.47 Å². The van der Waals surface area contributed by atoms with Crippen LogP contribution in [0.15, 0.2) is 0 Å². The van der Waals surface area contributed by atoms with Gasteiger partial charge in [0.15, 0.2) is 0 Å². The first-order chi connectivity index (χ1) is 5.29. The molecule has 0 aromatic carbocycles. The highest BCUT2D eigenvalue weighted by Gasteiger charge is 2.13. The summed E-state index contributed by atoms with van der Waals surface area (Å²) in [7, 11) is 0. The van der Waals surface area contributed by atoms with Crippen LogP contribution in [0.1, 0.15) is 0 Å². The summed E-state index contributed by atoms with van der Waals surface area (Å²) in [4.78, 5) is 0. The third-order valence-corrected chi connectivity index (χ3v) is 2.34. The molecule has 1 aliphatic heterocycles. The van der Waals surface area contributed by atoms with Gasteiger partial charge in [-0.05, 0) is 12.5 Å². The predicted molar refractivity (Wildman–Crippen MR) is 49.4 cm³/mol. The van der Waals surface area contributed by atoms with E-state index in [1.165, 1.54) is 0 Å². The first kappa shape index (κ1) is 9.32. The first-order valence-electron chi connectivity index (χ1n) is 3.89. The molecule has 1 N–H and O–H groups in total. The molecule has 1 aliphatic rings. The highest BCUT2D eigenvalue weighted by molar-refractivity contribution is 8.14. The molecule has 68 valence electrons. The lowest BCUT2D eigenvalue weighted by atomic mass is 10.3. The maximum atomic E-state index is 5.45. The molecule has 1 saturated heterocycles. The van der Waals surface area contributed by atoms with Gasteiger partial charge in [0.1, 0.15) is 0 Å². The Morgan fingerprint density at radius 1 is 1.45 bits per heavy atom. The highest BCUT2D eigenvalue weighted by atomic mass is 32.2. The Hall–Kier alpha value is 0.230. The molecule has 0 spiro atoms. The van der Waals surface area contributed by atoms with Crippen molar-refractivity contribution in [2.24, 2.45) is 0 Å². The van der Waals surface area contributed by atoms with E-state index in [1.807, 2.05) is 0 Å². The van der Waals surface area contributed by atoms with E-state index in [0.29, 0.717) is 0 Å². The van der Waals surface area contributed by atoms with Crippen molar-refractivity contribution in [3.63, 3.8) is 0 Å². The van der Waals surface area contributed by atoms with E-state index in [9.17, 15) is 0 Å². The smallest absolute Gasteiger partial charge is 0.0942 e. The van der Waals surface area contributed by atoms with Gasteiger partial charge in [-0.25, -0.2) is 11.1 Å². The fourth-order valence-electron chi connectivity index (χ4n) is 0.939. The predicted octanol–water partition coefficient (Wildman–Crippen LogP) is 0.167. The summed E-state index contributed by atoms with van der Waals surface area (Å²) in [5.41, 5.74) is 0. The van der Waals surface area contributed by atoms with Gasteiger partial charge < -0.3 is 9.47 Å². The lowest BCUT2D eigenvalue weighted by Gasteiger charge is -2.24. The molecular weight excluding hydrogens is 162 g/mol. The summed E-state index contributed by atoms with van der Waals surface area (Å²) in [6.45, 7) is 3.18. The third-order valence-electron chi connectivity index (χ3n) is 1.52. The zero-order chi connectivity index (χ0) is 8.10. The largest absolute Gasteiger partial charge is 0.376 e. The van der Waals surface area contributed by atoms with E-state index in [0.717, 1.165) is 26.4 Å². The van der Waals surface area contributed by atoms with Gasteiger partial charge in [-0.15, -0.1) is 0 Å². The van der Waals surface area contributed by atoms with Crippen LogP contribution >= 0.6 is 11.1 Å². The molecule has 0 aromatic heterocycles. The molecule has 1 heterocycles. The topological polar surface area (TPSA) is 30.5 Å². The molecule has 1 fully saturated rings. The minimum Gasteiger partial charge on any atom is -0.376 e. The number of hydrogen-bond acceptors (Lipinski definition) is 3. The molecule has 0 bridgehead atoms. The fourth-order valence-corrected chi connectivity index (χ4v) is 1.51. The van der Waals surface area contributed by atoms with Crippen molar-refractivity contribution in [1.29, 1.82) is 0 Å². The van der Waals surface area contributed by atoms with Gasteiger partial charge in [-0.3, -0.25) is 4.72 Å². The zero-order valence-electron chi connectivity index (χ0n) is 7.17. The molecular formula is C7H17NO2S. The molecule has 1 rings (SSSR count). The average molecular weight is 179 g/mol. The van der Waals surface area contributed by atoms with Crippen LogP contribution in [0, 0.1) is 0 Å². The van der Waals surface area contributed by atoms with E-state index >= 15 is 0 Å². The second-order valence-corrected chi connectivity index (χ2v) is 4.93. The highest BCUT2D eigenvalue weighted by Crippen LogP contribution is 2.07. The van der Waals surface area contributed by atoms with Gasteiger partial charge in [-0.1, -0.05) is 0 Å². The quantitative estimate of drug-likeness (QED) is 0.605. The van der Waals surface area contributed by atoms with Gasteiger partial charge in [0.05, 0.1) is 25.9 Å². The summed E-state index contributed by atoms with van der Waals surface area (Å²) in [6, 6.07) is 0. The van der Waals surface area contributed by atoms with Crippen LogP contribution in [-0.4, -0.2) is 45.0 Å². The molecule has 1 atom stereocenters. The Balaban J connectivity index is 2.05. The summed E-state index contributed by atoms with van der Waals surface area (Å²) < 4.78 is 14.1. The number of hydrogen-bond donors (Lipinski definition) is 2. The SMILES string of the molecule is C[SH](C)NC[C@H]1COCCO1. The Labute approximate surface area is 70.9 Å². The van der Waals surface area contributed by atoms with Crippen molar-refractivity contribution in [1.82, 2.24) is 4.72 Å². The maximum Gasteiger partial charge on any atom is 0.0942 e. The van der Waals surface area contributed by atoms with Crippen LogP contribution < -0.4 is 4.72 Å². The molecule has 0 saturated carbocycles. The van der Waals surface area contributed by atoms with Gasteiger partial charge in [0.2, 0.25) is 0 Å². The standard InChI is InChI=1S/C7H17NO2S/c1-11(2)8-5-7-6-9-3-4-10-7/h7-8,11H,3-6H2,1-2H3/t7-/m0/s1. The molecule has 0 amide bonds. The van der Waals surface area contributed by atoms with Crippen LogP contribution in [0.25, 0.3) is 0 Å². The summed E-state index contributed by atoms with van der Waals surface area (Å²) in [5.74, 6) is 0. The minimum absolute atomic E-state index is 0.0109. The number of ether oxygens (including phenoxy) is 2. The average Bonchev–Trinajstić information content (AvgIpc) is 2.03. The third kappa shape index (κ3) is 3.96. The van der Waals surface area contributed by atoms with E-state index < -0.39 is 0 Å². The van der Waals surface area contributed by atoms with E-state index in [1.54, 1.807) is 0 Å². The minimum atomic E-state index is -0.0109. The molecule has 0 radical (unpaired) electrons. The van der Waals surface area contributed by atoms with Crippen molar-refractivity contribution >= 4 is 11.1 Å². The van der Waals surface area contributed by atoms with Crippen LogP contribution in [0.2, 0.25) is 0 Å². The molecule has 0 aliphatic carbocycles. The van der Waals surface area contributed by atoms with E-state index in [-0.39, 0.29) is 17.2 Å². The second-order valence-electron chi connectivity index (χ2n) is 2.82. The zero-order valence-corrected chi connectivity index (χ0v) is 8.06. The van der Waals surface area contributed by atoms with Crippen molar-refractivity contribution in [3.8, 4) is 0 Å². The van der Waals surface area contributed by atoms with Gasteiger partial charge in [-0.2, -0.15) is 0 Å². The second kappa shape index (κ2) is 4.98.